The molecule has 16 heavy (non-hydrogen) atoms. The number of ketones is 1. The summed E-state index contributed by atoms with van der Waals surface area (Å²) in [5.41, 5.74) is 3.55. The van der Waals surface area contributed by atoms with E-state index in [1.807, 2.05) is 6.07 Å². The Morgan fingerprint density at radius 3 is 2.75 bits per heavy atom. The molecule has 0 radical (unpaired) electrons. The molecule has 0 saturated heterocycles. The third-order valence-electron chi connectivity index (χ3n) is 3.27. The first-order valence-electron chi connectivity index (χ1n) is 5.38. The molecule has 0 atom stereocenters. The molecule has 3 nitrogen and oxygen atoms in total. The van der Waals surface area contributed by atoms with Gasteiger partial charge in [0, 0.05) is 4.47 Å². The van der Waals surface area contributed by atoms with E-state index in [1.165, 1.54) is 5.56 Å². The van der Waals surface area contributed by atoms with Crippen LogP contribution in [0.15, 0.2) is 10.5 Å². The standard InChI is InChI=1S/C12H10BrNO2/c13-8-5-6-3-1-2-4-7(6)9-10(8)14-12(16)11(9)15/h5H,1-4H2,(H,14,15,16). The van der Waals surface area contributed by atoms with Gasteiger partial charge < -0.3 is 5.32 Å². The Kier molecular flexibility index (Phi) is 2.14. The topological polar surface area (TPSA) is 46.2 Å². The lowest BCUT2D eigenvalue weighted by Gasteiger charge is -2.18. The molecular weight excluding hydrogens is 270 g/mol. The van der Waals surface area contributed by atoms with Crippen LogP contribution in [0.25, 0.3) is 0 Å². The molecule has 0 aromatic heterocycles. The fourth-order valence-electron chi connectivity index (χ4n) is 2.53. The number of carbonyl (C=O) groups excluding carboxylic acids is 2. The minimum atomic E-state index is -0.505. The highest BCUT2D eigenvalue weighted by molar-refractivity contribution is 9.10. The predicted molar refractivity (Wildman–Crippen MR) is 63.7 cm³/mol. The SMILES string of the molecule is O=C1Nc2c(Br)cc3c(c2C1=O)CCCC3. The van der Waals surface area contributed by atoms with Crippen LogP contribution in [0.2, 0.25) is 0 Å². The maximum atomic E-state index is 11.8. The van der Waals surface area contributed by atoms with Crippen LogP contribution in [0.5, 0.6) is 0 Å². The molecule has 1 heterocycles. The minimum absolute atomic E-state index is 0.380. The summed E-state index contributed by atoms with van der Waals surface area (Å²) < 4.78 is 0.822. The lowest BCUT2D eigenvalue weighted by atomic mass is 9.87. The second-order valence-electron chi connectivity index (χ2n) is 4.24. The van der Waals surface area contributed by atoms with Crippen molar-refractivity contribution in [2.45, 2.75) is 25.7 Å². The Balaban J connectivity index is 2.29. The highest BCUT2D eigenvalue weighted by atomic mass is 79.9. The van der Waals surface area contributed by atoms with Gasteiger partial charge in [-0.2, -0.15) is 0 Å². The molecule has 1 amide bonds. The van der Waals surface area contributed by atoms with Crippen LogP contribution in [0.4, 0.5) is 5.69 Å². The van der Waals surface area contributed by atoms with Crippen molar-refractivity contribution < 1.29 is 9.59 Å². The molecule has 1 aromatic carbocycles. The lowest BCUT2D eigenvalue weighted by molar-refractivity contribution is -0.112. The summed E-state index contributed by atoms with van der Waals surface area (Å²) in [7, 11) is 0. The van der Waals surface area contributed by atoms with Gasteiger partial charge in [-0.3, -0.25) is 9.59 Å². The number of anilines is 1. The van der Waals surface area contributed by atoms with Crippen LogP contribution in [-0.4, -0.2) is 11.7 Å². The fourth-order valence-corrected chi connectivity index (χ4v) is 3.10. The number of nitrogens with one attached hydrogen (secondary N) is 1. The number of amides is 1. The summed E-state index contributed by atoms with van der Waals surface area (Å²) in [4.78, 5) is 23.2. The number of aryl methyl sites for hydroxylation is 1. The van der Waals surface area contributed by atoms with Gasteiger partial charge in [0.1, 0.15) is 0 Å². The summed E-state index contributed by atoms with van der Waals surface area (Å²) in [6.45, 7) is 0. The maximum Gasteiger partial charge on any atom is 0.296 e. The van der Waals surface area contributed by atoms with E-state index in [0.717, 1.165) is 35.7 Å². The summed E-state index contributed by atoms with van der Waals surface area (Å²) >= 11 is 3.41. The van der Waals surface area contributed by atoms with Gasteiger partial charge in [0.25, 0.3) is 11.7 Å². The summed E-state index contributed by atoms with van der Waals surface area (Å²) in [6, 6.07) is 2.03. The Morgan fingerprint density at radius 2 is 1.94 bits per heavy atom. The highest BCUT2D eigenvalue weighted by Gasteiger charge is 2.34. The van der Waals surface area contributed by atoms with Gasteiger partial charge in [-0.25, -0.2) is 0 Å². The molecule has 1 N–H and O–H groups in total. The van der Waals surface area contributed by atoms with Gasteiger partial charge in [-0.05, 0) is 58.8 Å². The lowest BCUT2D eigenvalue weighted by Crippen LogP contribution is -2.14. The molecule has 0 bridgehead atoms. The summed E-state index contributed by atoms with van der Waals surface area (Å²) in [5, 5.41) is 2.63. The van der Waals surface area contributed by atoms with Gasteiger partial charge >= 0.3 is 0 Å². The van der Waals surface area contributed by atoms with Crippen LogP contribution in [0.1, 0.15) is 34.3 Å². The second-order valence-corrected chi connectivity index (χ2v) is 5.09. The first kappa shape index (κ1) is 10.0. The van der Waals surface area contributed by atoms with Crippen molar-refractivity contribution in [1.29, 1.82) is 0 Å². The van der Waals surface area contributed by atoms with Crippen LogP contribution in [-0.2, 0) is 17.6 Å². The average molecular weight is 280 g/mol. The van der Waals surface area contributed by atoms with Crippen molar-refractivity contribution in [3.05, 3.63) is 27.2 Å². The Labute approximate surface area is 101 Å². The zero-order chi connectivity index (χ0) is 11.3. The van der Waals surface area contributed by atoms with E-state index in [4.69, 9.17) is 0 Å². The van der Waals surface area contributed by atoms with E-state index in [0.29, 0.717) is 11.3 Å². The molecule has 4 heteroatoms. The number of halogens is 1. The van der Waals surface area contributed by atoms with Crippen LogP contribution < -0.4 is 5.32 Å². The third kappa shape index (κ3) is 1.26. The number of benzene rings is 1. The van der Waals surface area contributed by atoms with Gasteiger partial charge in [0.2, 0.25) is 0 Å². The van der Waals surface area contributed by atoms with E-state index in [9.17, 15) is 9.59 Å². The molecule has 82 valence electrons. The van der Waals surface area contributed by atoms with Gasteiger partial charge in [-0.1, -0.05) is 0 Å². The van der Waals surface area contributed by atoms with Crippen molar-refractivity contribution in [2.75, 3.05) is 5.32 Å². The normalized spacial score (nSPS) is 18.1. The van der Waals surface area contributed by atoms with E-state index < -0.39 is 5.91 Å². The molecule has 0 saturated carbocycles. The molecule has 0 fully saturated rings. The van der Waals surface area contributed by atoms with Gasteiger partial charge in [0.15, 0.2) is 0 Å². The first-order chi connectivity index (χ1) is 7.68. The Morgan fingerprint density at radius 1 is 1.19 bits per heavy atom. The number of fused-ring (bicyclic) bond motifs is 3. The predicted octanol–water partition coefficient (Wildman–Crippen LogP) is 2.46. The third-order valence-corrected chi connectivity index (χ3v) is 3.90. The van der Waals surface area contributed by atoms with E-state index in [-0.39, 0.29) is 5.78 Å². The Hall–Kier alpha value is -1.16. The molecule has 0 spiro atoms. The molecule has 1 aromatic rings. The van der Waals surface area contributed by atoms with Crippen LogP contribution >= 0.6 is 15.9 Å². The molecule has 1 aliphatic carbocycles. The number of Topliss-reactive ketones (excluding diaryl/α,β-unsaturated/α-hetero) is 1. The molecule has 1 aliphatic heterocycles. The molecular formula is C12H10BrNO2. The average Bonchev–Trinajstić information content (AvgIpc) is 2.57. The van der Waals surface area contributed by atoms with Gasteiger partial charge in [0.05, 0.1) is 11.3 Å². The van der Waals surface area contributed by atoms with Crippen molar-refractivity contribution in [2.24, 2.45) is 0 Å². The van der Waals surface area contributed by atoms with Crippen molar-refractivity contribution >= 4 is 33.3 Å². The first-order valence-corrected chi connectivity index (χ1v) is 6.17. The van der Waals surface area contributed by atoms with Crippen LogP contribution in [0, 0.1) is 0 Å². The van der Waals surface area contributed by atoms with Crippen LogP contribution in [0.3, 0.4) is 0 Å². The van der Waals surface area contributed by atoms with Crippen molar-refractivity contribution in [1.82, 2.24) is 0 Å². The van der Waals surface area contributed by atoms with Crippen molar-refractivity contribution in [3.8, 4) is 0 Å². The molecule has 0 unspecified atom stereocenters. The number of carbonyl (C=O) groups is 2. The molecule has 2 aliphatic rings. The van der Waals surface area contributed by atoms with E-state index >= 15 is 0 Å². The number of rotatable bonds is 0. The number of hydrogen-bond acceptors (Lipinski definition) is 2. The molecule has 3 rings (SSSR count). The minimum Gasteiger partial charge on any atom is -0.317 e. The summed E-state index contributed by atoms with van der Waals surface area (Å²) in [6.07, 6.45) is 4.17. The van der Waals surface area contributed by atoms with Gasteiger partial charge in [-0.15, -0.1) is 0 Å². The smallest absolute Gasteiger partial charge is 0.296 e. The monoisotopic (exact) mass is 279 g/mol. The zero-order valence-corrected chi connectivity index (χ0v) is 10.2. The quantitative estimate of drug-likeness (QED) is 0.742. The largest absolute Gasteiger partial charge is 0.317 e. The second kappa shape index (κ2) is 3.42. The maximum absolute atomic E-state index is 11.8. The van der Waals surface area contributed by atoms with E-state index in [2.05, 4.69) is 21.2 Å². The fraction of sp³-hybridized carbons (Fsp3) is 0.333. The van der Waals surface area contributed by atoms with Crippen molar-refractivity contribution in [3.63, 3.8) is 0 Å². The number of hydrogen-bond donors (Lipinski definition) is 1. The summed E-state index contributed by atoms with van der Waals surface area (Å²) in [5.74, 6) is -0.885. The Bertz CT molecular complexity index is 522. The highest BCUT2D eigenvalue weighted by Crippen LogP contribution is 2.38. The van der Waals surface area contributed by atoms with E-state index in [1.54, 1.807) is 0 Å². The zero-order valence-electron chi connectivity index (χ0n) is 8.60.